The van der Waals surface area contributed by atoms with Crippen LogP contribution < -0.4 is 9.05 Å². The van der Waals surface area contributed by atoms with Crippen molar-refractivity contribution in [1.29, 1.82) is 0 Å². The van der Waals surface area contributed by atoms with Crippen LogP contribution in [0.2, 0.25) is 0 Å². The van der Waals surface area contributed by atoms with E-state index in [1.54, 1.807) is 24.3 Å². The molecule has 2 rings (SSSR count). The molecule has 0 aliphatic carbocycles. The highest BCUT2D eigenvalue weighted by Crippen LogP contribution is 2.51. The van der Waals surface area contributed by atoms with Gasteiger partial charge in [0.2, 0.25) is 0 Å². The average molecular weight is 491 g/mol. The maximum Gasteiger partial charge on any atom is 0.460 e. The van der Waals surface area contributed by atoms with Crippen LogP contribution in [-0.4, -0.2) is 15.1 Å². The van der Waals surface area contributed by atoms with Crippen LogP contribution in [0.4, 0.5) is 0 Å². The molecule has 0 radical (unpaired) electrons. The van der Waals surface area contributed by atoms with Crippen LogP contribution >= 0.6 is 8.60 Å². The van der Waals surface area contributed by atoms with E-state index in [1.807, 2.05) is 83.1 Å². The maximum atomic E-state index is 11.2. The monoisotopic (exact) mass is 490 g/mol. The number of aromatic hydroxyl groups is 2. The second kappa shape index (κ2) is 9.24. The lowest BCUT2D eigenvalue weighted by atomic mass is 9.79. The Morgan fingerprint density at radius 2 is 0.706 bits per heavy atom. The zero-order chi connectivity index (χ0) is 26.4. The van der Waals surface area contributed by atoms with Crippen molar-refractivity contribution in [3.05, 3.63) is 46.5 Å². The summed E-state index contributed by atoms with van der Waals surface area (Å²) in [6.07, 6.45) is 0. The van der Waals surface area contributed by atoms with Gasteiger partial charge >= 0.3 is 8.60 Å². The standard InChI is InChI=1S/C28H43O5P/c1-25(2,3)19-13-17(29)14-20(26(4,5)6)23(19)32-34(31)33-24-21(27(7,8)9)15-18(30)16-22(24)28(10,11)12/h13-16,29-31H,1-12H3. The van der Waals surface area contributed by atoms with Crippen LogP contribution in [0.15, 0.2) is 24.3 Å². The van der Waals surface area contributed by atoms with Crippen molar-refractivity contribution in [1.82, 2.24) is 0 Å². The first-order chi connectivity index (χ1) is 15.1. The summed E-state index contributed by atoms with van der Waals surface area (Å²) in [6, 6.07) is 6.76. The predicted octanol–water partition coefficient (Wildman–Crippen LogP) is 7.96. The third-order valence-electron chi connectivity index (χ3n) is 5.72. The van der Waals surface area contributed by atoms with Gasteiger partial charge in [-0.05, 0) is 45.9 Å². The summed E-state index contributed by atoms with van der Waals surface area (Å²) in [6.45, 7) is 24.5. The second-order valence-corrected chi connectivity index (χ2v) is 14.0. The number of rotatable bonds is 4. The van der Waals surface area contributed by atoms with Crippen LogP contribution in [0.1, 0.15) is 105 Å². The predicted molar refractivity (Wildman–Crippen MR) is 141 cm³/mol. The molecule has 6 heteroatoms. The van der Waals surface area contributed by atoms with Gasteiger partial charge in [-0.2, -0.15) is 0 Å². The van der Waals surface area contributed by atoms with Gasteiger partial charge in [0.25, 0.3) is 0 Å². The topological polar surface area (TPSA) is 79.2 Å². The zero-order valence-corrected chi connectivity index (χ0v) is 23.8. The van der Waals surface area contributed by atoms with Crippen molar-refractivity contribution in [3.63, 3.8) is 0 Å². The van der Waals surface area contributed by atoms with Crippen LogP contribution in [0.5, 0.6) is 23.0 Å². The first-order valence-corrected chi connectivity index (χ1v) is 12.9. The molecule has 34 heavy (non-hydrogen) atoms. The number of benzene rings is 2. The Morgan fingerprint density at radius 1 is 0.500 bits per heavy atom. The lowest BCUT2D eigenvalue weighted by molar-refractivity contribution is 0.357. The van der Waals surface area contributed by atoms with Gasteiger partial charge in [0, 0.05) is 22.3 Å². The highest BCUT2D eigenvalue weighted by Gasteiger charge is 2.33. The molecule has 0 spiro atoms. The fourth-order valence-electron chi connectivity index (χ4n) is 3.83. The molecular formula is C28H43O5P. The van der Waals surface area contributed by atoms with Crippen molar-refractivity contribution in [2.45, 2.75) is 105 Å². The van der Waals surface area contributed by atoms with Crippen molar-refractivity contribution < 1.29 is 24.2 Å². The van der Waals surface area contributed by atoms with E-state index in [0.29, 0.717) is 11.5 Å². The van der Waals surface area contributed by atoms with Crippen LogP contribution in [-0.2, 0) is 21.7 Å². The lowest BCUT2D eigenvalue weighted by Gasteiger charge is -2.32. The van der Waals surface area contributed by atoms with Crippen molar-refractivity contribution in [3.8, 4) is 23.0 Å². The Bertz CT molecular complexity index is 877. The molecule has 0 aliphatic rings. The molecule has 3 N–H and O–H groups in total. The van der Waals surface area contributed by atoms with Gasteiger partial charge in [0.15, 0.2) is 0 Å². The van der Waals surface area contributed by atoms with Crippen LogP contribution in [0.25, 0.3) is 0 Å². The largest absolute Gasteiger partial charge is 0.508 e. The van der Waals surface area contributed by atoms with E-state index in [9.17, 15) is 15.1 Å². The highest BCUT2D eigenvalue weighted by molar-refractivity contribution is 7.41. The quantitative estimate of drug-likeness (QED) is 0.379. The zero-order valence-electron chi connectivity index (χ0n) is 22.9. The third kappa shape index (κ3) is 6.58. The van der Waals surface area contributed by atoms with Crippen molar-refractivity contribution >= 4 is 8.60 Å². The van der Waals surface area contributed by atoms with E-state index in [2.05, 4.69) is 0 Å². The first kappa shape index (κ1) is 28.3. The highest BCUT2D eigenvalue weighted by atomic mass is 31.2. The minimum atomic E-state index is -2.37. The molecule has 0 aliphatic heterocycles. The van der Waals surface area contributed by atoms with Gasteiger partial charge in [0.05, 0.1) is 0 Å². The molecule has 2 aromatic rings. The number of hydrogen-bond donors (Lipinski definition) is 3. The normalized spacial score (nSPS) is 13.4. The van der Waals surface area contributed by atoms with E-state index in [0.717, 1.165) is 22.3 Å². The summed E-state index contributed by atoms with van der Waals surface area (Å²) in [4.78, 5) is 11.2. The Labute approximate surface area is 207 Å². The fraction of sp³-hybridized carbons (Fsp3) is 0.571. The molecule has 0 saturated carbocycles. The molecule has 0 heterocycles. The molecule has 0 atom stereocenters. The molecule has 0 saturated heterocycles. The molecule has 0 bridgehead atoms. The van der Waals surface area contributed by atoms with Gasteiger partial charge in [-0.1, -0.05) is 83.1 Å². The summed E-state index contributed by atoms with van der Waals surface area (Å²) in [5, 5.41) is 20.8. The van der Waals surface area contributed by atoms with E-state index in [4.69, 9.17) is 9.05 Å². The Kier molecular flexibility index (Phi) is 7.68. The average Bonchev–Trinajstić information content (AvgIpc) is 2.60. The minimum absolute atomic E-state index is 0.161. The Morgan fingerprint density at radius 3 is 0.882 bits per heavy atom. The molecule has 2 aromatic carbocycles. The van der Waals surface area contributed by atoms with E-state index >= 15 is 0 Å². The molecule has 0 unspecified atom stereocenters. The molecule has 0 amide bonds. The minimum Gasteiger partial charge on any atom is -0.508 e. The van der Waals surface area contributed by atoms with E-state index in [-0.39, 0.29) is 33.2 Å². The van der Waals surface area contributed by atoms with Gasteiger partial charge in [0.1, 0.15) is 23.0 Å². The molecule has 190 valence electrons. The van der Waals surface area contributed by atoms with Gasteiger partial charge in [-0.3, -0.25) is 0 Å². The number of phenolic OH excluding ortho intramolecular Hbond substituents is 2. The van der Waals surface area contributed by atoms with Gasteiger partial charge < -0.3 is 24.2 Å². The molecule has 0 aromatic heterocycles. The summed E-state index contributed by atoms with van der Waals surface area (Å²) in [5.74, 6) is 1.38. The van der Waals surface area contributed by atoms with Gasteiger partial charge in [-0.15, -0.1) is 0 Å². The summed E-state index contributed by atoms with van der Waals surface area (Å²) >= 11 is 0. The molecule has 0 fully saturated rings. The molecule has 5 nitrogen and oxygen atoms in total. The third-order valence-corrected chi connectivity index (χ3v) is 6.40. The van der Waals surface area contributed by atoms with Gasteiger partial charge in [-0.25, -0.2) is 0 Å². The maximum absolute atomic E-state index is 11.2. The van der Waals surface area contributed by atoms with E-state index < -0.39 is 8.60 Å². The summed E-state index contributed by atoms with van der Waals surface area (Å²) in [5.41, 5.74) is 1.82. The Hall–Kier alpha value is -1.97. The van der Waals surface area contributed by atoms with Crippen LogP contribution in [0, 0.1) is 0 Å². The number of phenols is 2. The lowest BCUT2D eigenvalue weighted by Crippen LogP contribution is -2.20. The summed E-state index contributed by atoms with van der Waals surface area (Å²) in [7, 11) is -2.37. The SMILES string of the molecule is CC(C)(C)c1cc(O)cc(C(C)(C)C)c1OP(O)Oc1c(C(C)(C)C)cc(O)cc1C(C)(C)C. The number of hydrogen-bond acceptors (Lipinski definition) is 5. The first-order valence-electron chi connectivity index (χ1n) is 11.7. The van der Waals surface area contributed by atoms with Crippen LogP contribution in [0.3, 0.4) is 0 Å². The smallest absolute Gasteiger partial charge is 0.460 e. The van der Waals surface area contributed by atoms with Crippen molar-refractivity contribution in [2.75, 3.05) is 0 Å². The Balaban J connectivity index is 2.65. The second-order valence-electron chi connectivity index (χ2n) is 13.2. The molecular weight excluding hydrogens is 447 g/mol. The summed E-state index contributed by atoms with van der Waals surface area (Å²) < 4.78 is 12.4. The van der Waals surface area contributed by atoms with Crippen molar-refractivity contribution in [2.24, 2.45) is 0 Å². The fourth-order valence-corrected chi connectivity index (χ4v) is 4.57. The van der Waals surface area contributed by atoms with E-state index in [1.165, 1.54) is 0 Å².